The standard InChI is InChI=1S/C9H11NO4/c1-3-4-6-8(9(12)13-2)7(5-11)14-10-6/h5H,3-4H2,1-2H3. The van der Waals surface area contributed by atoms with E-state index in [0.29, 0.717) is 18.4 Å². The van der Waals surface area contributed by atoms with Crippen LogP contribution in [0.4, 0.5) is 0 Å². The topological polar surface area (TPSA) is 69.4 Å². The van der Waals surface area contributed by atoms with Crippen LogP contribution >= 0.6 is 0 Å². The minimum atomic E-state index is -0.586. The van der Waals surface area contributed by atoms with Gasteiger partial charge in [0.25, 0.3) is 0 Å². The number of hydrogen-bond acceptors (Lipinski definition) is 5. The Kier molecular flexibility index (Phi) is 3.39. The molecule has 1 heterocycles. The molecule has 0 amide bonds. The highest BCUT2D eigenvalue weighted by atomic mass is 16.5. The average Bonchev–Trinajstić information content (AvgIpc) is 2.60. The first kappa shape index (κ1) is 10.4. The van der Waals surface area contributed by atoms with E-state index in [-0.39, 0.29) is 11.3 Å². The first-order chi connectivity index (χ1) is 6.74. The number of methoxy groups -OCH3 is 1. The van der Waals surface area contributed by atoms with Crippen molar-refractivity contribution in [3.8, 4) is 0 Å². The van der Waals surface area contributed by atoms with Gasteiger partial charge >= 0.3 is 5.97 Å². The van der Waals surface area contributed by atoms with Gasteiger partial charge in [0.2, 0.25) is 5.76 Å². The second-order valence-corrected chi connectivity index (χ2v) is 2.73. The predicted molar refractivity (Wildman–Crippen MR) is 47.2 cm³/mol. The maximum atomic E-state index is 11.3. The molecule has 0 spiro atoms. The molecule has 0 bridgehead atoms. The summed E-state index contributed by atoms with van der Waals surface area (Å²) in [5.41, 5.74) is 0.616. The van der Waals surface area contributed by atoms with Crippen molar-refractivity contribution in [3.63, 3.8) is 0 Å². The highest BCUT2D eigenvalue weighted by Crippen LogP contribution is 2.15. The van der Waals surface area contributed by atoms with E-state index >= 15 is 0 Å². The SMILES string of the molecule is CCCc1noc(C=O)c1C(=O)OC. The molecule has 0 N–H and O–H groups in total. The Morgan fingerprint density at radius 3 is 2.86 bits per heavy atom. The lowest BCUT2D eigenvalue weighted by molar-refractivity contribution is 0.0595. The fourth-order valence-electron chi connectivity index (χ4n) is 1.15. The van der Waals surface area contributed by atoms with Crippen molar-refractivity contribution in [2.45, 2.75) is 19.8 Å². The summed E-state index contributed by atoms with van der Waals surface area (Å²) >= 11 is 0. The maximum Gasteiger partial charge on any atom is 0.343 e. The third-order valence-electron chi connectivity index (χ3n) is 1.77. The minimum Gasteiger partial charge on any atom is -0.465 e. The summed E-state index contributed by atoms with van der Waals surface area (Å²) in [6.07, 6.45) is 1.86. The van der Waals surface area contributed by atoms with E-state index in [1.54, 1.807) is 0 Å². The molecule has 0 aliphatic rings. The van der Waals surface area contributed by atoms with Gasteiger partial charge in [0.05, 0.1) is 12.8 Å². The lowest BCUT2D eigenvalue weighted by Gasteiger charge is -1.97. The Morgan fingerprint density at radius 2 is 2.36 bits per heavy atom. The number of esters is 1. The van der Waals surface area contributed by atoms with Gasteiger partial charge in [0.1, 0.15) is 5.56 Å². The monoisotopic (exact) mass is 197 g/mol. The number of carbonyl (C=O) groups excluding carboxylic acids is 2. The van der Waals surface area contributed by atoms with E-state index in [1.165, 1.54) is 7.11 Å². The zero-order chi connectivity index (χ0) is 10.6. The first-order valence-corrected chi connectivity index (χ1v) is 4.26. The van der Waals surface area contributed by atoms with Crippen LogP contribution in [0.2, 0.25) is 0 Å². The Hall–Kier alpha value is -1.65. The second kappa shape index (κ2) is 4.55. The molecule has 0 unspecified atom stereocenters. The molecule has 0 radical (unpaired) electrons. The van der Waals surface area contributed by atoms with Crippen LogP contribution in [-0.4, -0.2) is 24.5 Å². The first-order valence-electron chi connectivity index (χ1n) is 4.26. The lowest BCUT2D eigenvalue weighted by Crippen LogP contribution is -2.06. The molecule has 5 heteroatoms. The van der Waals surface area contributed by atoms with Gasteiger partial charge in [0, 0.05) is 0 Å². The van der Waals surface area contributed by atoms with Crippen LogP contribution in [0.1, 0.15) is 40.0 Å². The van der Waals surface area contributed by atoms with Gasteiger partial charge < -0.3 is 9.26 Å². The molecule has 0 aliphatic heterocycles. The lowest BCUT2D eigenvalue weighted by atomic mass is 10.1. The van der Waals surface area contributed by atoms with Crippen LogP contribution in [-0.2, 0) is 11.2 Å². The summed E-state index contributed by atoms with van der Waals surface area (Å²) in [6, 6.07) is 0. The van der Waals surface area contributed by atoms with E-state index in [2.05, 4.69) is 9.89 Å². The number of rotatable bonds is 4. The normalized spacial score (nSPS) is 9.86. The summed E-state index contributed by atoms with van der Waals surface area (Å²) in [5.74, 6) is -0.655. The number of ether oxygens (including phenoxy) is 1. The number of hydrogen-bond donors (Lipinski definition) is 0. The number of aromatic nitrogens is 1. The van der Waals surface area contributed by atoms with Crippen molar-refractivity contribution in [1.29, 1.82) is 0 Å². The number of aldehydes is 1. The van der Waals surface area contributed by atoms with Gasteiger partial charge in [-0.1, -0.05) is 18.5 Å². The Morgan fingerprint density at radius 1 is 1.64 bits per heavy atom. The van der Waals surface area contributed by atoms with Crippen LogP contribution < -0.4 is 0 Å². The Labute approximate surface area is 81.0 Å². The van der Waals surface area contributed by atoms with Crippen LogP contribution in [0.3, 0.4) is 0 Å². The quantitative estimate of drug-likeness (QED) is 0.536. The van der Waals surface area contributed by atoms with Crippen LogP contribution in [0.5, 0.6) is 0 Å². The summed E-state index contributed by atoms with van der Waals surface area (Å²) in [5, 5.41) is 3.64. The molecule has 1 aromatic rings. The molecule has 0 aromatic carbocycles. The third kappa shape index (κ3) is 1.81. The van der Waals surface area contributed by atoms with E-state index < -0.39 is 5.97 Å². The van der Waals surface area contributed by atoms with Crippen molar-refractivity contribution in [2.24, 2.45) is 0 Å². The summed E-state index contributed by atoms with van der Waals surface area (Å²) in [4.78, 5) is 21.8. The van der Waals surface area contributed by atoms with E-state index in [4.69, 9.17) is 4.52 Å². The third-order valence-corrected chi connectivity index (χ3v) is 1.77. The summed E-state index contributed by atoms with van der Waals surface area (Å²) in [7, 11) is 1.25. The Bertz CT molecular complexity index is 343. The van der Waals surface area contributed by atoms with Gasteiger partial charge in [-0.05, 0) is 6.42 Å². The van der Waals surface area contributed by atoms with Gasteiger partial charge in [-0.2, -0.15) is 0 Å². The van der Waals surface area contributed by atoms with E-state index in [1.807, 2.05) is 6.92 Å². The molecule has 5 nitrogen and oxygen atoms in total. The molecule has 0 saturated carbocycles. The summed E-state index contributed by atoms with van der Waals surface area (Å²) < 4.78 is 9.23. The second-order valence-electron chi connectivity index (χ2n) is 2.73. The molecule has 0 aliphatic carbocycles. The number of aryl methyl sites for hydroxylation is 1. The Balaban J connectivity index is 3.11. The van der Waals surface area contributed by atoms with E-state index in [0.717, 1.165) is 6.42 Å². The molecule has 14 heavy (non-hydrogen) atoms. The van der Waals surface area contributed by atoms with E-state index in [9.17, 15) is 9.59 Å². The van der Waals surface area contributed by atoms with Gasteiger partial charge in [0.15, 0.2) is 6.29 Å². The van der Waals surface area contributed by atoms with Crippen molar-refractivity contribution in [1.82, 2.24) is 5.16 Å². The smallest absolute Gasteiger partial charge is 0.343 e. The largest absolute Gasteiger partial charge is 0.465 e. The van der Waals surface area contributed by atoms with Crippen molar-refractivity contribution in [3.05, 3.63) is 17.0 Å². The molecular weight excluding hydrogens is 186 g/mol. The van der Waals surface area contributed by atoms with Gasteiger partial charge in [-0.15, -0.1) is 0 Å². The van der Waals surface area contributed by atoms with Crippen LogP contribution in [0, 0.1) is 0 Å². The molecule has 1 aromatic heterocycles. The molecule has 76 valence electrons. The molecule has 0 fully saturated rings. The maximum absolute atomic E-state index is 11.3. The van der Waals surface area contributed by atoms with Crippen molar-refractivity contribution >= 4 is 12.3 Å². The zero-order valence-corrected chi connectivity index (χ0v) is 8.07. The summed E-state index contributed by atoms with van der Waals surface area (Å²) in [6.45, 7) is 1.94. The van der Waals surface area contributed by atoms with Crippen LogP contribution in [0.15, 0.2) is 4.52 Å². The zero-order valence-electron chi connectivity index (χ0n) is 8.07. The van der Waals surface area contributed by atoms with Crippen molar-refractivity contribution in [2.75, 3.05) is 7.11 Å². The molecule has 0 atom stereocenters. The highest BCUT2D eigenvalue weighted by Gasteiger charge is 2.22. The molecule has 1 rings (SSSR count). The van der Waals surface area contributed by atoms with Crippen LogP contribution in [0.25, 0.3) is 0 Å². The molecule has 0 saturated heterocycles. The average molecular weight is 197 g/mol. The fraction of sp³-hybridized carbons (Fsp3) is 0.444. The fourth-order valence-corrected chi connectivity index (χ4v) is 1.15. The highest BCUT2D eigenvalue weighted by molar-refractivity contribution is 5.97. The minimum absolute atomic E-state index is 0.0692. The van der Waals surface area contributed by atoms with Gasteiger partial charge in [-0.25, -0.2) is 4.79 Å². The predicted octanol–water partition coefficient (Wildman–Crippen LogP) is 1.23. The van der Waals surface area contributed by atoms with Gasteiger partial charge in [-0.3, -0.25) is 4.79 Å². The number of nitrogens with zero attached hydrogens (tertiary/aromatic N) is 1. The molecular formula is C9H11NO4. The number of carbonyl (C=O) groups is 2. The van der Waals surface area contributed by atoms with Crippen molar-refractivity contribution < 1.29 is 18.8 Å².